The maximum atomic E-state index is 5.76. The monoisotopic (exact) mass is 229 g/mol. The summed E-state index contributed by atoms with van der Waals surface area (Å²) in [6.45, 7) is 2.00. The summed E-state index contributed by atoms with van der Waals surface area (Å²) < 4.78 is 5.19. The molecule has 0 aliphatic carbocycles. The average molecular weight is 229 g/mol. The lowest BCUT2D eigenvalue weighted by molar-refractivity contribution is 0.415. The van der Waals surface area contributed by atoms with Crippen molar-refractivity contribution in [2.75, 3.05) is 12.8 Å². The number of methoxy groups -OCH3 is 1. The predicted octanol–water partition coefficient (Wildman–Crippen LogP) is 2.30. The van der Waals surface area contributed by atoms with Gasteiger partial charge in [-0.05, 0) is 12.1 Å². The van der Waals surface area contributed by atoms with Crippen LogP contribution in [-0.2, 0) is 6.42 Å². The van der Waals surface area contributed by atoms with Crippen LogP contribution in [0, 0.1) is 0 Å². The second-order valence-corrected chi connectivity index (χ2v) is 3.68. The second kappa shape index (κ2) is 4.82. The molecule has 2 aromatic rings. The molecule has 1 heterocycles. The van der Waals surface area contributed by atoms with Crippen LogP contribution in [0.5, 0.6) is 5.75 Å². The van der Waals surface area contributed by atoms with Gasteiger partial charge in [0.2, 0.25) is 0 Å². The molecule has 0 bridgehead atoms. The average Bonchev–Trinajstić information content (AvgIpc) is 2.38. The summed E-state index contributed by atoms with van der Waals surface area (Å²) in [5, 5.41) is 0. The van der Waals surface area contributed by atoms with Gasteiger partial charge in [0.1, 0.15) is 17.4 Å². The van der Waals surface area contributed by atoms with Crippen LogP contribution in [0.3, 0.4) is 0 Å². The van der Waals surface area contributed by atoms with Crippen LogP contribution in [0.15, 0.2) is 30.3 Å². The first-order chi connectivity index (χ1) is 8.22. The molecular weight excluding hydrogens is 214 g/mol. The summed E-state index contributed by atoms with van der Waals surface area (Å²) in [7, 11) is 1.64. The van der Waals surface area contributed by atoms with Gasteiger partial charge in [-0.15, -0.1) is 0 Å². The summed E-state index contributed by atoms with van der Waals surface area (Å²) in [5.74, 6) is 2.05. The number of nitrogens with zero attached hydrogens (tertiary/aromatic N) is 2. The van der Waals surface area contributed by atoms with Crippen LogP contribution in [0.2, 0.25) is 0 Å². The lowest BCUT2D eigenvalue weighted by atomic mass is 10.1. The van der Waals surface area contributed by atoms with Crippen molar-refractivity contribution in [3.63, 3.8) is 0 Å². The third-order valence-electron chi connectivity index (χ3n) is 2.47. The van der Waals surface area contributed by atoms with E-state index in [1.165, 1.54) is 0 Å². The zero-order valence-electron chi connectivity index (χ0n) is 9.97. The maximum Gasteiger partial charge on any atom is 0.131 e. The molecule has 88 valence electrons. The Bertz CT molecular complexity index is 526. The van der Waals surface area contributed by atoms with Crippen molar-refractivity contribution in [3.8, 4) is 17.0 Å². The Hall–Kier alpha value is -2.10. The number of aromatic nitrogens is 2. The van der Waals surface area contributed by atoms with Crippen molar-refractivity contribution >= 4 is 5.82 Å². The van der Waals surface area contributed by atoms with E-state index in [0.29, 0.717) is 5.82 Å². The van der Waals surface area contributed by atoms with E-state index in [0.717, 1.165) is 29.3 Å². The lowest BCUT2D eigenvalue weighted by Gasteiger charge is -2.06. The third kappa shape index (κ3) is 2.53. The highest BCUT2D eigenvalue weighted by atomic mass is 16.5. The summed E-state index contributed by atoms with van der Waals surface area (Å²) in [5.41, 5.74) is 7.57. The van der Waals surface area contributed by atoms with E-state index < -0.39 is 0 Å². The van der Waals surface area contributed by atoms with E-state index in [-0.39, 0.29) is 0 Å². The highest BCUT2D eigenvalue weighted by Gasteiger charge is 2.04. The summed E-state index contributed by atoms with van der Waals surface area (Å²) in [4.78, 5) is 8.61. The van der Waals surface area contributed by atoms with Crippen LogP contribution in [0.1, 0.15) is 12.7 Å². The fourth-order valence-corrected chi connectivity index (χ4v) is 1.61. The minimum Gasteiger partial charge on any atom is -0.497 e. The molecule has 4 heteroatoms. The molecule has 0 aliphatic rings. The number of rotatable bonds is 3. The van der Waals surface area contributed by atoms with Crippen molar-refractivity contribution in [1.29, 1.82) is 0 Å². The van der Waals surface area contributed by atoms with E-state index in [2.05, 4.69) is 9.97 Å². The zero-order valence-corrected chi connectivity index (χ0v) is 9.97. The van der Waals surface area contributed by atoms with E-state index >= 15 is 0 Å². The number of hydrogen-bond donors (Lipinski definition) is 1. The number of anilines is 1. The second-order valence-electron chi connectivity index (χ2n) is 3.68. The summed E-state index contributed by atoms with van der Waals surface area (Å²) >= 11 is 0. The van der Waals surface area contributed by atoms with E-state index in [9.17, 15) is 0 Å². The number of nitrogen functional groups attached to an aromatic ring is 1. The molecule has 1 aromatic heterocycles. The standard InChI is InChI=1S/C13H15N3O/c1-3-13-15-11(8-12(14)16-13)9-5-4-6-10(7-9)17-2/h4-8H,3H2,1-2H3,(H2,14,15,16). The molecule has 2 rings (SSSR count). The molecule has 0 saturated carbocycles. The quantitative estimate of drug-likeness (QED) is 0.877. The minimum atomic E-state index is 0.495. The van der Waals surface area contributed by atoms with Gasteiger partial charge in [0.05, 0.1) is 12.8 Å². The number of ether oxygens (including phenoxy) is 1. The van der Waals surface area contributed by atoms with Gasteiger partial charge in [0.15, 0.2) is 0 Å². The number of hydrogen-bond acceptors (Lipinski definition) is 4. The van der Waals surface area contributed by atoms with Crippen LogP contribution >= 0.6 is 0 Å². The van der Waals surface area contributed by atoms with Gasteiger partial charge in [-0.25, -0.2) is 9.97 Å². The molecule has 0 aliphatic heterocycles. The molecule has 1 aromatic carbocycles. The molecule has 0 unspecified atom stereocenters. The Balaban J connectivity index is 2.47. The fourth-order valence-electron chi connectivity index (χ4n) is 1.61. The molecule has 2 N–H and O–H groups in total. The molecule has 0 amide bonds. The molecular formula is C13H15N3O. The third-order valence-corrected chi connectivity index (χ3v) is 2.47. The minimum absolute atomic E-state index is 0.495. The van der Waals surface area contributed by atoms with E-state index in [1.54, 1.807) is 13.2 Å². The molecule has 0 fully saturated rings. The number of benzene rings is 1. The Kier molecular flexibility index (Phi) is 3.23. The molecule has 0 atom stereocenters. The fraction of sp³-hybridized carbons (Fsp3) is 0.231. The van der Waals surface area contributed by atoms with E-state index in [4.69, 9.17) is 10.5 Å². The number of aryl methyl sites for hydroxylation is 1. The van der Waals surface area contributed by atoms with Crippen molar-refractivity contribution in [2.24, 2.45) is 0 Å². The number of nitrogens with two attached hydrogens (primary N) is 1. The molecule has 17 heavy (non-hydrogen) atoms. The Morgan fingerprint density at radius 2 is 2.06 bits per heavy atom. The SMILES string of the molecule is CCc1nc(N)cc(-c2cccc(OC)c2)n1. The van der Waals surface area contributed by atoms with Gasteiger partial charge < -0.3 is 10.5 Å². The first-order valence-corrected chi connectivity index (χ1v) is 5.50. The van der Waals surface area contributed by atoms with Gasteiger partial charge in [0.25, 0.3) is 0 Å². The normalized spacial score (nSPS) is 10.2. The molecule has 0 radical (unpaired) electrons. The van der Waals surface area contributed by atoms with Crippen LogP contribution in [0.25, 0.3) is 11.3 Å². The zero-order chi connectivity index (χ0) is 12.3. The first-order valence-electron chi connectivity index (χ1n) is 5.50. The molecule has 0 spiro atoms. The Morgan fingerprint density at radius 3 is 2.76 bits per heavy atom. The topological polar surface area (TPSA) is 61.0 Å². The van der Waals surface area contributed by atoms with Crippen LogP contribution in [-0.4, -0.2) is 17.1 Å². The van der Waals surface area contributed by atoms with Gasteiger partial charge in [-0.1, -0.05) is 19.1 Å². The predicted molar refractivity (Wildman–Crippen MR) is 67.8 cm³/mol. The van der Waals surface area contributed by atoms with Crippen molar-refractivity contribution in [2.45, 2.75) is 13.3 Å². The molecule has 0 saturated heterocycles. The van der Waals surface area contributed by atoms with Gasteiger partial charge in [0, 0.05) is 18.1 Å². The van der Waals surface area contributed by atoms with Crippen LogP contribution in [0.4, 0.5) is 5.82 Å². The maximum absolute atomic E-state index is 5.76. The molecule has 4 nitrogen and oxygen atoms in total. The summed E-state index contributed by atoms with van der Waals surface area (Å²) in [6.07, 6.45) is 0.766. The lowest BCUT2D eigenvalue weighted by Crippen LogP contribution is -2.00. The first kappa shape index (κ1) is 11.4. The van der Waals surface area contributed by atoms with Gasteiger partial charge >= 0.3 is 0 Å². The Morgan fingerprint density at radius 1 is 1.24 bits per heavy atom. The van der Waals surface area contributed by atoms with Gasteiger partial charge in [-0.3, -0.25) is 0 Å². The van der Waals surface area contributed by atoms with Gasteiger partial charge in [-0.2, -0.15) is 0 Å². The van der Waals surface area contributed by atoms with Crippen LogP contribution < -0.4 is 10.5 Å². The van der Waals surface area contributed by atoms with Crippen molar-refractivity contribution in [3.05, 3.63) is 36.2 Å². The largest absolute Gasteiger partial charge is 0.497 e. The highest BCUT2D eigenvalue weighted by Crippen LogP contribution is 2.23. The summed E-state index contributed by atoms with van der Waals surface area (Å²) in [6, 6.07) is 9.51. The smallest absolute Gasteiger partial charge is 0.131 e. The highest BCUT2D eigenvalue weighted by molar-refractivity contribution is 5.63. The van der Waals surface area contributed by atoms with Crippen molar-refractivity contribution < 1.29 is 4.74 Å². The Labute approximate surface area is 100 Å². The van der Waals surface area contributed by atoms with E-state index in [1.807, 2.05) is 31.2 Å². The van der Waals surface area contributed by atoms with Crippen molar-refractivity contribution in [1.82, 2.24) is 9.97 Å².